The average Bonchev–Trinajstić information content (AvgIpc) is 3.55. The number of rotatable bonds is 8. The van der Waals surface area contributed by atoms with E-state index in [9.17, 15) is 4.79 Å². The highest BCUT2D eigenvalue weighted by molar-refractivity contribution is 6.74. The number of benzene rings is 1. The molecular formula is C31H42N4O4Si. The monoisotopic (exact) mass is 562 g/mol. The zero-order valence-corrected chi connectivity index (χ0v) is 26.5. The summed E-state index contributed by atoms with van der Waals surface area (Å²) in [5.41, 5.74) is 4.26. The number of methoxy groups -OCH3 is 2. The Morgan fingerprint density at radius 3 is 2.35 bits per heavy atom. The SMILES string of the molecule is COC(=O)c1cc(OC)c2c(c1)nc(-c1cc3ccc(C(C)(C)O[Si](C)(C)C(C)(C)C)nc3n1CC1CC1)n2C. The predicted octanol–water partition coefficient (Wildman–Crippen LogP) is 7.05. The Hall–Kier alpha value is -3.17. The fraction of sp³-hybridized carbons (Fsp3) is 0.516. The number of ether oxygens (including phenoxy) is 2. The normalized spacial score (nSPS) is 14.8. The molecule has 9 heteroatoms. The number of carbonyl (C=O) groups excluding carboxylic acids is 1. The van der Waals surface area contributed by atoms with Crippen LogP contribution in [0.1, 0.15) is 63.5 Å². The minimum absolute atomic E-state index is 0.0999. The van der Waals surface area contributed by atoms with Crippen molar-refractivity contribution in [3.63, 3.8) is 0 Å². The second kappa shape index (κ2) is 9.73. The number of imidazole rings is 1. The zero-order chi connectivity index (χ0) is 29.2. The van der Waals surface area contributed by atoms with Gasteiger partial charge in [-0.2, -0.15) is 0 Å². The van der Waals surface area contributed by atoms with Gasteiger partial charge in [-0.3, -0.25) is 0 Å². The van der Waals surface area contributed by atoms with Crippen LogP contribution in [-0.4, -0.2) is 47.6 Å². The fourth-order valence-corrected chi connectivity index (χ4v) is 6.85. The molecule has 0 radical (unpaired) electrons. The lowest BCUT2D eigenvalue weighted by Gasteiger charge is -2.42. The van der Waals surface area contributed by atoms with Crippen molar-refractivity contribution in [2.45, 2.75) is 77.7 Å². The molecule has 0 atom stereocenters. The van der Waals surface area contributed by atoms with E-state index in [2.05, 4.69) is 70.5 Å². The average molecular weight is 563 g/mol. The van der Waals surface area contributed by atoms with E-state index in [4.69, 9.17) is 23.9 Å². The standard InChI is InChI=1S/C31H42N4O4Si/c1-30(2,3)40(9,10)39-31(4,5)25-14-13-20-16-23(35(27(20)33-25)18-19-11-12-19)28-32-22-15-21(29(36)38-8)17-24(37-7)26(22)34(28)6/h13-17,19H,11-12,18H2,1-10H3. The van der Waals surface area contributed by atoms with Gasteiger partial charge in [0.15, 0.2) is 14.1 Å². The molecule has 5 rings (SSSR count). The third kappa shape index (κ3) is 4.94. The third-order valence-corrected chi connectivity index (χ3v) is 13.3. The summed E-state index contributed by atoms with van der Waals surface area (Å²) in [6.07, 6.45) is 2.44. The molecule has 40 heavy (non-hydrogen) atoms. The first-order chi connectivity index (χ1) is 18.7. The Morgan fingerprint density at radius 1 is 1.05 bits per heavy atom. The van der Waals surface area contributed by atoms with Crippen LogP contribution < -0.4 is 4.74 Å². The van der Waals surface area contributed by atoms with Crippen LogP contribution in [0, 0.1) is 5.92 Å². The Bertz CT molecular complexity index is 1610. The number of carbonyl (C=O) groups is 1. The minimum Gasteiger partial charge on any atom is -0.494 e. The molecule has 3 aromatic heterocycles. The largest absolute Gasteiger partial charge is 0.494 e. The number of nitrogens with zero attached hydrogens (tertiary/aromatic N) is 4. The van der Waals surface area contributed by atoms with Gasteiger partial charge in [-0.25, -0.2) is 14.8 Å². The van der Waals surface area contributed by atoms with Crippen molar-refractivity contribution in [2.75, 3.05) is 14.2 Å². The lowest BCUT2D eigenvalue weighted by molar-refractivity contribution is 0.0600. The van der Waals surface area contributed by atoms with Crippen LogP contribution in [0.5, 0.6) is 5.75 Å². The van der Waals surface area contributed by atoms with E-state index in [1.165, 1.54) is 20.0 Å². The van der Waals surface area contributed by atoms with Gasteiger partial charge in [-0.1, -0.05) is 20.8 Å². The smallest absolute Gasteiger partial charge is 0.338 e. The van der Waals surface area contributed by atoms with Crippen LogP contribution in [0.4, 0.5) is 0 Å². The first kappa shape index (κ1) is 28.4. The molecule has 0 N–H and O–H groups in total. The zero-order valence-electron chi connectivity index (χ0n) is 25.5. The maximum atomic E-state index is 12.3. The number of hydrogen-bond donors (Lipinski definition) is 0. The van der Waals surface area contributed by atoms with Crippen LogP contribution in [0.3, 0.4) is 0 Å². The molecule has 0 spiro atoms. The number of hydrogen-bond acceptors (Lipinski definition) is 6. The minimum atomic E-state index is -2.02. The maximum Gasteiger partial charge on any atom is 0.338 e. The van der Waals surface area contributed by atoms with Crippen molar-refractivity contribution in [1.29, 1.82) is 0 Å². The van der Waals surface area contributed by atoms with Crippen molar-refractivity contribution in [1.82, 2.24) is 19.1 Å². The van der Waals surface area contributed by atoms with Crippen LogP contribution in [0.25, 0.3) is 33.6 Å². The first-order valence-electron chi connectivity index (χ1n) is 14.0. The fourth-order valence-electron chi connectivity index (χ4n) is 5.17. The molecule has 0 unspecified atom stereocenters. The number of esters is 1. The number of pyridine rings is 1. The highest BCUT2D eigenvalue weighted by atomic mass is 28.4. The van der Waals surface area contributed by atoms with Gasteiger partial charge in [-0.15, -0.1) is 0 Å². The molecule has 214 valence electrons. The van der Waals surface area contributed by atoms with E-state index in [1.54, 1.807) is 19.2 Å². The summed E-state index contributed by atoms with van der Waals surface area (Å²) in [5, 5.41) is 1.17. The van der Waals surface area contributed by atoms with E-state index in [1.807, 2.05) is 11.6 Å². The molecular weight excluding hydrogens is 520 g/mol. The van der Waals surface area contributed by atoms with Crippen molar-refractivity contribution in [3.05, 3.63) is 41.6 Å². The summed E-state index contributed by atoms with van der Waals surface area (Å²) in [6, 6.07) is 9.89. The van der Waals surface area contributed by atoms with Crippen molar-refractivity contribution in [3.8, 4) is 17.3 Å². The molecule has 1 saturated carbocycles. The second-order valence-corrected chi connectivity index (χ2v) is 17.8. The molecule has 4 aromatic rings. The molecule has 0 amide bonds. The van der Waals surface area contributed by atoms with Gasteiger partial charge >= 0.3 is 5.97 Å². The van der Waals surface area contributed by atoms with E-state index < -0.39 is 19.9 Å². The van der Waals surface area contributed by atoms with Gasteiger partial charge in [0, 0.05) is 19.0 Å². The summed E-state index contributed by atoms with van der Waals surface area (Å²) < 4.78 is 21.9. The highest BCUT2D eigenvalue weighted by Crippen LogP contribution is 2.42. The van der Waals surface area contributed by atoms with E-state index in [0.29, 0.717) is 22.7 Å². The van der Waals surface area contributed by atoms with Crippen LogP contribution in [0.15, 0.2) is 30.3 Å². The summed E-state index contributed by atoms with van der Waals surface area (Å²) in [6.45, 7) is 16.5. The Kier molecular flexibility index (Phi) is 6.90. The van der Waals surface area contributed by atoms with Crippen LogP contribution in [0.2, 0.25) is 18.1 Å². The van der Waals surface area contributed by atoms with Gasteiger partial charge in [0.1, 0.15) is 16.9 Å². The van der Waals surface area contributed by atoms with Crippen molar-refractivity contribution < 1.29 is 18.7 Å². The van der Waals surface area contributed by atoms with Gasteiger partial charge in [-0.05, 0) is 81.1 Å². The first-order valence-corrected chi connectivity index (χ1v) is 16.9. The number of aryl methyl sites for hydroxylation is 1. The molecule has 1 fully saturated rings. The van der Waals surface area contributed by atoms with Crippen LogP contribution in [-0.2, 0) is 28.4 Å². The lowest BCUT2D eigenvalue weighted by atomic mass is 10.0. The highest BCUT2D eigenvalue weighted by Gasteiger charge is 2.42. The Morgan fingerprint density at radius 2 is 1.75 bits per heavy atom. The summed E-state index contributed by atoms with van der Waals surface area (Å²) in [4.78, 5) is 22.6. The van der Waals surface area contributed by atoms with Gasteiger partial charge in [0.25, 0.3) is 0 Å². The predicted molar refractivity (Wildman–Crippen MR) is 161 cm³/mol. The van der Waals surface area contributed by atoms with Gasteiger partial charge < -0.3 is 23.0 Å². The molecule has 0 bridgehead atoms. The van der Waals surface area contributed by atoms with E-state index in [-0.39, 0.29) is 5.04 Å². The summed E-state index contributed by atoms with van der Waals surface area (Å²) in [7, 11) is 2.94. The lowest BCUT2D eigenvalue weighted by Crippen LogP contribution is -2.46. The Balaban J connectivity index is 1.66. The van der Waals surface area contributed by atoms with Crippen molar-refractivity contribution >= 4 is 36.4 Å². The quantitative estimate of drug-likeness (QED) is 0.169. The van der Waals surface area contributed by atoms with Gasteiger partial charge in [0.2, 0.25) is 0 Å². The molecule has 1 aliphatic rings. The second-order valence-electron chi connectivity index (χ2n) is 13.1. The molecule has 8 nitrogen and oxygen atoms in total. The molecule has 0 saturated heterocycles. The Labute approximate surface area is 237 Å². The molecule has 0 aliphatic heterocycles. The molecule has 1 aromatic carbocycles. The van der Waals surface area contributed by atoms with E-state index in [0.717, 1.165) is 40.3 Å². The number of fused-ring (bicyclic) bond motifs is 2. The third-order valence-electron chi connectivity index (χ3n) is 8.62. The summed E-state index contributed by atoms with van der Waals surface area (Å²) in [5.74, 6) is 1.59. The number of aromatic nitrogens is 4. The molecule has 3 heterocycles. The topological polar surface area (TPSA) is 80.4 Å². The summed E-state index contributed by atoms with van der Waals surface area (Å²) >= 11 is 0. The van der Waals surface area contributed by atoms with E-state index >= 15 is 0 Å². The molecule has 1 aliphatic carbocycles. The maximum absolute atomic E-state index is 12.3. The van der Waals surface area contributed by atoms with Gasteiger partial charge in [0.05, 0.1) is 42.3 Å². The van der Waals surface area contributed by atoms with Crippen LogP contribution >= 0.6 is 0 Å². The van der Waals surface area contributed by atoms with Crippen molar-refractivity contribution in [2.24, 2.45) is 13.0 Å².